The van der Waals surface area contributed by atoms with Crippen LogP contribution in [-0.4, -0.2) is 58.0 Å². The molecule has 1 aliphatic rings. The zero-order valence-electron chi connectivity index (χ0n) is 25.9. The molecule has 0 unspecified atom stereocenters. The molecule has 242 valence electrons. The van der Waals surface area contributed by atoms with E-state index in [2.05, 4.69) is 5.32 Å². The van der Waals surface area contributed by atoms with Crippen LogP contribution in [-0.2, 0) is 26.2 Å². The summed E-state index contributed by atoms with van der Waals surface area (Å²) in [7, 11) is -1.43. The highest BCUT2D eigenvalue weighted by Gasteiger charge is 2.35. The summed E-state index contributed by atoms with van der Waals surface area (Å²) < 4.78 is 40.2. The molecule has 0 spiro atoms. The summed E-state index contributed by atoms with van der Waals surface area (Å²) in [5.41, 5.74) is 1.86. The van der Waals surface area contributed by atoms with Gasteiger partial charge in [0.1, 0.15) is 12.6 Å². The molecule has 3 aromatic rings. The Hall–Kier alpha value is -3.47. The zero-order valence-corrected chi connectivity index (χ0v) is 28.2. The van der Waals surface area contributed by atoms with Gasteiger partial charge in [0.2, 0.25) is 11.8 Å². The van der Waals surface area contributed by atoms with E-state index in [0.29, 0.717) is 33.5 Å². The van der Waals surface area contributed by atoms with Crippen molar-refractivity contribution >= 4 is 50.7 Å². The number of methoxy groups -OCH3 is 2. The Morgan fingerprint density at radius 3 is 2.20 bits per heavy atom. The minimum atomic E-state index is -4.30. The number of hydrogen-bond donors (Lipinski definition) is 1. The monoisotopic (exact) mass is 675 g/mol. The van der Waals surface area contributed by atoms with Crippen molar-refractivity contribution in [1.82, 2.24) is 10.2 Å². The number of carbonyl (C=O) groups is 2. The largest absolute Gasteiger partial charge is 0.493 e. The Kier molecular flexibility index (Phi) is 11.6. The summed E-state index contributed by atoms with van der Waals surface area (Å²) >= 11 is 12.4. The Labute approximate surface area is 275 Å². The number of nitrogens with one attached hydrogen (secondary N) is 1. The number of benzene rings is 3. The number of ether oxygens (including phenoxy) is 2. The van der Waals surface area contributed by atoms with Gasteiger partial charge in [-0.3, -0.25) is 13.9 Å². The molecule has 1 fully saturated rings. The fourth-order valence-corrected chi connectivity index (χ4v) is 7.22. The summed E-state index contributed by atoms with van der Waals surface area (Å²) in [6.07, 6.45) is 4.15. The van der Waals surface area contributed by atoms with Crippen LogP contribution >= 0.6 is 23.2 Å². The number of rotatable bonds is 13. The van der Waals surface area contributed by atoms with Crippen LogP contribution in [0.2, 0.25) is 10.0 Å². The van der Waals surface area contributed by atoms with Gasteiger partial charge in [-0.05, 0) is 68.1 Å². The first-order chi connectivity index (χ1) is 21.5. The van der Waals surface area contributed by atoms with Crippen molar-refractivity contribution in [3.63, 3.8) is 0 Å². The third-order valence-corrected chi connectivity index (χ3v) is 10.5. The molecule has 2 amide bonds. The topological polar surface area (TPSA) is 105 Å². The summed E-state index contributed by atoms with van der Waals surface area (Å²) in [5, 5.41) is 3.77. The van der Waals surface area contributed by atoms with Gasteiger partial charge in [0, 0.05) is 18.7 Å². The first-order valence-corrected chi connectivity index (χ1v) is 17.0. The van der Waals surface area contributed by atoms with Gasteiger partial charge in [0.05, 0.1) is 34.8 Å². The lowest BCUT2D eigenvalue weighted by Crippen LogP contribution is -2.53. The van der Waals surface area contributed by atoms with Crippen molar-refractivity contribution < 1.29 is 27.5 Å². The molecule has 0 bridgehead atoms. The second-order valence-electron chi connectivity index (χ2n) is 11.0. The molecule has 9 nitrogen and oxygen atoms in total. The number of anilines is 1. The second-order valence-corrected chi connectivity index (χ2v) is 13.7. The van der Waals surface area contributed by atoms with Gasteiger partial charge in [-0.25, -0.2) is 8.42 Å². The van der Waals surface area contributed by atoms with Crippen molar-refractivity contribution in [2.75, 3.05) is 25.1 Å². The smallest absolute Gasteiger partial charge is 0.264 e. The highest BCUT2D eigenvalue weighted by Crippen LogP contribution is 2.33. The predicted octanol–water partition coefficient (Wildman–Crippen LogP) is 6.38. The fourth-order valence-electron chi connectivity index (χ4n) is 5.47. The Morgan fingerprint density at radius 2 is 1.60 bits per heavy atom. The molecule has 1 atom stereocenters. The SMILES string of the molecule is CC[C@@H](C(=O)NC1CCCC1)N(Cc1ccc(Cl)c(Cl)c1)C(=O)CN(c1ccc(C)cc1)S(=O)(=O)c1ccc(OC)c(OC)c1. The van der Waals surface area contributed by atoms with Gasteiger partial charge in [0.15, 0.2) is 11.5 Å². The fraction of sp³-hybridized carbons (Fsp3) is 0.394. The summed E-state index contributed by atoms with van der Waals surface area (Å²) in [4.78, 5) is 29.3. The standard InChI is InChI=1S/C33H39Cl2N3O6S/c1-5-29(33(40)36-24-8-6-7-9-24)37(20-23-12-16-27(34)28(35)18-23)32(39)21-38(25-13-10-22(2)11-14-25)45(41,42)26-15-17-30(43-3)31(19-26)44-4/h10-19,24,29H,5-9,20-21H2,1-4H3,(H,36,40)/t29-/m0/s1. The maximum Gasteiger partial charge on any atom is 0.264 e. The molecule has 0 saturated heterocycles. The van der Waals surface area contributed by atoms with Crippen molar-refractivity contribution in [3.8, 4) is 11.5 Å². The third-order valence-electron chi connectivity index (χ3n) is 7.97. The van der Waals surface area contributed by atoms with Crippen LogP contribution in [0.3, 0.4) is 0 Å². The van der Waals surface area contributed by atoms with Gasteiger partial charge in [0.25, 0.3) is 10.0 Å². The Balaban J connectivity index is 1.75. The molecule has 12 heteroatoms. The average Bonchev–Trinajstić information content (AvgIpc) is 3.54. The van der Waals surface area contributed by atoms with Crippen LogP contribution < -0.4 is 19.1 Å². The van der Waals surface area contributed by atoms with Crippen LogP contribution in [0.5, 0.6) is 11.5 Å². The number of halogens is 2. The number of carbonyl (C=O) groups excluding carboxylic acids is 2. The molecule has 1 aliphatic carbocycles. The molecule has 1 N–H and O–H groups in total. The van der Waals surface area contributed by atoms with Gasteiger partial charge in [-0.15, -0.1) is 0 Å². The van der Waals surface area contributed by atoms with E-state index in [9.17, 15) is 18.0 Å². The zero-order chi connectivity index (χ0) is 32.7. The molecule has 0 heterocycles. The second kappa shape index (κ2) is 15.2. The van der Waals surface area contributed by atoms with E-state index >= 15 is 0 Å². The first-order valence-electron chi connectivity index (χ1n) is 14.8. The van der Waals surface area contributed by atoms with Crippen LogP contribution in [0.15, 0.2) is 65.6 Å². The normalized spacial score (nSPS) is 14.1. The van der Waals surface area contributed by atoms with E-state index < -0.39 is 28.5 Å². The van der Waals surface area contributed by atoms with Gasteiger partial charge < -0.3 is 19.7 Å². The van der Waals surface area contributed by atoms with Crippen LogP contribution in [0.25, 0.3) is 0 Å². The van der Waals surface area contributed by atoms with E-state index in [1.807, 2.05) is 13.8 Å². The van der Waals surface area contributed by atoms with Gasteiger partial charge in [-0.1, -0.05) is 66.7 Å². The molecular formula is C33H39Cl2N3O6S. The number of sulfonamides is 1. The number of nitrogens with zero attached hydrogens (tertiary/aromatic N) is 2. The van der Waals surface area contributed by atoms with E-state index in [-0.39, 0.29) is 29.1 Å². The van der Waals surface area contributed by atoms with Crippen molar-refractivity contribution in [1.29, 1.82) is 0 Å². The number of aryl methyl sites for hydroxylation is 1. The molecule has 4 rings (SSSR count). The van der Waals surface area contributed by atoms with Crippen molar-refractivity contribution in [2.45, 2.75) is 69.5 Å². The van der Waals surface area contributed by atoms with Gasteiger partial charge in [-0.2, -0.15) is 0 Å². The van der Waals surface area contributed by atoms with E-state index in [1.54, 1.807) is 42.5 Å². The van der Waals surface area contributed by atoms with E-state index in [0.717, 1.165) is 35.6 Å². The molecular weight excluding hydrogens is 637 g/mol. The van der Waals surface area contributed by atoms with Gasteiger partial charge >= 0.3 is 0 Å². The first kappa shape index (κ1) is 34.4. The lowest BCUT2D eigenvalue weighted by atomic mass is 10.1. The van der Waals surface area contributed by atoms with Crippen molar-refractivity contribution in [3.05, 3.63) is 81.8 Å². The molecule has 1 saturated carbocycles. The van der Waals surface area contributed by atoms with E-state index in [1.165, 1.54) is 37.3 Å². The molecule has 0 radical (unpaired) electrons. The Bertz CT molecular complexity index is 1610. The minimum absolute atomic E-state index is 0.0183. The summed E-state index contributed by atoms with van der Waals surface area (Å²) in [5.74, 6) is -0.243. The molecule has 3 aromatic carbocycles. The number of amides is 2. The van der Waals surface area contributed by atoms with Crippen LogP contribution in [0, 0.1) is 6.92 Å². The maximum atomic E-state index is 14.3. The third kappa shape index (κ3) is 8.23. The maximum absolute atomic E-state index is 14.3. The highest BCUT2D eigenvalue weighted by molar-refractivity contribution is 7.92. The molecule has 0 aliphatic heterocycles. The molecule has 45 heavy (non-hydrogen) atoms. The van der Waals surface area contributed by atoms with Crippen LogP contribution in [0.4, 0.5) is 5.69 Å². The quantitative estimate of drug-likeness (QED) is 0.225. The average molecular weight is 677 g/mol. The predicted molar refractivity (Wildman–Crippen MR) is 177 cm³/mol. The summed E-state index contributed by atoms with van der Waals surface area (Å²) in [6.45, 7) is 3.17. The highest BCUT2D eigenvalue weighted by atomic mass is 35.5. The van der Waals surface area contributed by atoms with Crippen molar-refractivity contribution in [2.24, 2.45) is 0 Å². The minimum Gasteiger partial charge on any atom is -0.493 e. The lowest BCUT2D eigenvalue weighted by molar-refractivity contribution is -0.140. The summed E-state index contributed by atoms with van der Waals surface area (Å²) in [6, 6.07) is 15.3. The molecule has 0 aromatic heterocycles. The van der Waals surface area contributed by atoms with E-state index in [4.69, 9.17) is 32.7 Å². The van der Waals surface area contributed by atoms with Crippen LogP contribution in [0.1, 0.15) is 50.2 Å². The number of hydrogen-bond acceptors (Lipinski definition) is 6. The Morgan fingerprint density at radius 1 is 0.933 bits per heavy atom. The lowest BCUT2D eigenvalue weighted by Gasteiger charge is -2.34.